The molecule has 0 fully saturated rings. The van der Waals surface area contributed by atoms with Crippen molar-refractivity contribution in [3.8, 4) is 5.75 Å². The predicted molar refractivity (Wildman–Crippen MR) is 60.6 cm³/mol. The van der Waals surface area contributed by atoms with Gasteiger partial charge in [0.05, 0.1) is 7.11 Å². The molecule has 1 aromatic carbocycles. The fourth-order valence-corrected chi connectivity index (χ4v) is 1.16. The fourth-order valence-electron chi connectivity index (χ4n) is 1.16. The molecular weight excluding hydrogens is 209 g/mol. The molecule has 16 heavy (non-hydrogen) atoms. The third-order valence-corrected chi connectivity index (χ3v) is 1.96. The average molecular weight is 221 g/mol. The van der Waals surface area contributed by atoms with E-state index < -0.39 is 0 Å². The molecule has 0 bridgehead atoms. The van der Waals surface area contributed by atoms with E-state index in [4.69, 9.17) is 10.3 Å². The lowest BCUT2D eigenvalue weighted by Gasteiger charge is -2.01. The average Bonchev–Trinajstić information content (AvgIpc) is 2.31. The second-order valence-corrected chi connectivity index (χ2v) is 3.03. The smallest absolute Gasteiger partial charge is 0.130 e. The predicted octanol–water partition coefficient (Wildman–Crippen LogP) is 3.55. The van der Waals surface area contributed by atoms with Crippen LogP contribution in [0.1, 0.15) is 12.0 Å². The van der Waals surface area contributed by atoms with Crippen LogP contribution in [0.2, 0.25) is 0 Å². The summed E-state index contributed by atoms with van der Waals surface area (Å²) in [4.78, 5) is 2.62. The first-order valence-electron chi connectivity index (χ1n) is 4.79. The van der Waals surface area contributed by atoms with E-state index in [1.54, 1.807) is 24.3 Å². The molecule has 0 radical (unpaired) electrons. The quantitative estimate of drug-likeness (QED) is 0.324. The number of ether oxygens (including phenoxy) is 1. The maximum absolute atomic E-state index is 13.3. The zero-order valence-electron chi connectivity index (χ0n) is 8.93. The molecule has 1 rings (SSSR count). The van der Waals surface area contributed by atoms with Gasteiger partial charge in [0.25, 0.3) is 0 Å². The van der Waals surface area contributed by atoms with Crippen molar-refractivity contribution < 1.29 is 9.13 Å². The van der Waals surface area contributed by atoms with E-state index in [1.165, 1.54) is 13.2 Å². The van der Waals surface area contributed by atoms with Gasteiger partial charge in [-0.1, -0.05) is 17.3 Å². The Balaban J connectivity index is 2.67. The topological polar surface area (TPSA) is 58.0 Å². The molecule has 0 amide bonds. The van der Waals surface area contributed by atoms with E-state index in [0.29, 0.717) is 24.3 Å². The molecule has 1 aromatic rings. The number of benzene rings is 1. The summed E-state index contributed by atoms with van der Waals surface area (Å²) in [6.07, 6.45) is 3.98. The molecule has 0 unspecified atom stereocenters. The number of hydrogen-bond donors (Lipinski definition) is 0. The molecule has 0 aliphatic heterocycles. The molecule has 0 N–H and O–H groups in total. The van der Waals surface area contributed by atoms with E-state index in [-0.39, 0.29) is 5.82 Å². The zero-order valence-corrected chi connectivity index (χ0v) is 8.93. The lowest BCUT2D eigenvalue weighted by Crippen LogP contribution is -1.86. The van der Waals surface area contributed by atoms with Crippen LogP contribution in [0.3, 0.4) is 0 Å². The second-order valence-electron chi connectivity index (χ2n) is 3.03. The number of nitrogens with zero attached hydrogens (tertiary/aromatic N) is 3. The van der Waals surface area contributed by atoms with Crippen molar-refractivity contribution in [1.29, 1.82) is 0 Å². The number of azide groups is 1. The molecule has 0 saturated heterocycles. The Bertz CT molecular complexity index is 425. The zero-order chi connectivity index (χ0) is 11.8. The highest BCUT2D eigenvalue weighted by Gasteiger charge is 1.99. The monoisotopic (exact) mass is 221 g/mol. The van der Waals surface area contributed by atoms with Gasteiger partial charge < -0.3 is 4.74 Å². The summed E-state index contributed by atoms with van der Waals surface area (Å²) in [6.45, 7) is 0.374. The fraction of sp³-hybridized carbons (Fsp3) is 0.273. The number of rotatable bonds is 5. The lowest BCUT2D eigenvalue weighted by molar-refractivity contribution is 0.413. The number of methoxy groups -OCH3 is 1. The van der Waals surface area contributed by atoms with Crippen LogP contribution in [-0.4, -0.2) is 13.7 Å². The van der Waals surface area contributed by atoms with Crippen LogP contribution in [0, 0.1) is 5.82 Å². The van der Waals surface area contributed by atoms with Gasteiger partial charge in [0.1, 0.15) is 11.6 Å². The minimum atomic E-state index is -0.305. The molecule has 4 nitrogen and oxygen atoms in total. The van der Waals surface area contributed by atoms with Crippen molar-refractivity contribution in [1.82, 2.24) is 0 Å². The largest absolute Gasteiger partial charge is 0.497 e. The van der Waals surface area contributed by atoms with E-state index >= 15 is 0 Å². The maximum Gasteiger partial charge on any atom is 0.130 e. The van der Waals surface area contributed by atoms with Crippen LogP contribution in [0.4, 0.5) is 4.39 Å². The number of hydrogen-bond acceptors (Lipinski definition) is 2. The highest BCUT2D eigenvalue weighted by molar-refractivity contribution is 5.52. The van der Waals surface area contributed by atoms with Gasteiger partial charge in [-0.15, -0.1) is 0 Å². The SMILES string of the molecule is COc1ccc(F)c(C=CCCN=[N+]=[N-])c1. The van der Waals surface area contributed by atoms with E-state index in [1.807, 2.05) is 0 Å². The second kappa shape index (κ2) is 6.48. The summed E-state index contributed by atoms with van der Waals surface area (Å²) >= 11 is 0. The first-order valence-corrected chi connectivity index (χ1v) is 4.79. The Morgan fingerprint density at radius 1 is 1.56 bits per heavy atom. The van der Waals surface area contributed by atoms with Gasteiger partial charge in [0, 0.05) is 17.0 Å². The molecule has 0 aliphatic rings. The first-order chi connectivity index (χ1) is 7.77. The summed E-state index contributed by atoms with van der Waals surface area (Å²) < 4.78 is 18.3. The molecule has 0 heterocycles. The highest BCUT2D eigenvalue weighted by Crippen LogP contribution is 2.17. The maximum atomic E-state index is 13.3. The van der Waals surface area contributed by atoms with E-state index in [9.17, 15) is 4.39 Å². The van der Waals surface area contributed by atoms with Gasteiger partial charge in [-0.25, -0.2) is 4.39 Å². The van der Waals surface area contributed by atoms with Gasteiger partial charge in [-0.3, -0.25) is 0 Å². The summed E-state index contributed by atoms with van der Waals surface area (Å²) in [7, 11) is 1.53. The standard InChI is InChI=1S/C11H12FN3O/c1-16-10-5-6-11(12)9(8-10)4-2-3-7-14-15-13/h2,4-6,8H,3,7H2,1H3. The van der Waals surface area contributed by atoms with Gasteiger partial charge in [0.2, 0.25) is 0 Å². The first kappa shape index (κ1) is 12.1. The van der Waals surface area contributed by atoms with Crippen LogP contribution in [0.15, 0.2) is 29.4 Å². The Morgan fingerprint density at radius 3 is 3.06 bits per heavy atom. The van der Waals surface area contributed by atoms with Crippen molar-refractivity contribution in [3.63, 3.8) is 0 Å². The van der Waals surface area contributed by atoms with Crippen molar-refractivity contribution in [3.05, 3.63) is 46.1 Å². The molecule has 0 aliphatic carbocycles. The van der Waals surface area contributed by atoms with Crippen LogP contribution in [0.5, 0.6) is 5.75 Å². The number of halogens is 1. The Kier molecular flexibility index (Phi) is 4.89. The summed E-state index contributed by atoms with van der Waals surface area (Å²) in [5.41, 5.74) is 8.51. The van der Waals surface area contributed by atoms with Crippen LogP contribution in [-0.2, 0) is 0 Å². The third-order valence-electron chi connectivity index (χ3n) is 1.96. The molecule has 0 spiro atoms. The van der Waals surface area contributed by atoms with E-state index in [0.717, 1.165) is 0 Å². The van der Waals surface area contributed by atoms with Crippen molar-refractivity contribution >= 4 is 6.08 Å². The molecule has 84 valence electrons. The summed E-state index contributed by atoms with van der Waals surface area (Å²) in [5, 5.41) is 3.37. The summed E-state index contributed by atoms with van der Waals surface area (Å²) in [5.74, 6) is 0.303. The lowest BCUT2D eigenvalue weighted by atomic mass is 10.2. The Hall–Kier alpha value is -2.00. The van der Waals surface area contributed by atoms with Crippen molar-refractivity contribution in [2.75, 3.05) is 13.7 Å². The van der Waals surface area contributed by atoms with Gasteiger partial charge in [0.15, 0.2) is 0 Å². The highest BCUT2D eigenvalue weighted by atomic mass is 19.1. The normalized spacial score (nSPS) is 10.1. The third kappa shape index (κ3) is 3.63. The molecule has 0 atom stereocenters. The van der Waals surface area contributed by atoms with Crippen LogP contribution >= 0.6 is 0 Å². The molecule has 0 saturated carbocycles. The van der Waals surface area contributed by atoms with Gasteiger partial charge >= 0.3 is 0 Å². The Labute approximate surface area is 93.0 Å². The van der Waals surface area contributed by atoms with Crippen molar-refractivity contribution in [2.24, 2.45) is 5.11 Å². The molecule has 5 heteroatoms. The minimum Gasteiger partial charge on any atom is -0.497 e. The van der Waals surface area contributed by atoms with Crippen LogP contribution in [0.25, 0.3) is 16.5 Å². The van der Waals surface area contributed by atoms with Crippen molar-refractivity contribution in [2.45, 2.75) is 6.42 Å². The van der Waals surface area contributed by atoms with Crippen LogP contribution < -0.4 is 4.74 Å². The Morgan fingerprint density at radius 2 is 2.38 bits per heavy atom. The molecular formula is C11H12FN3O. The van der Waals surface area contributed by atoms with E-state index in [2.05, 4.69) is 10.0 Å². The van der Waals surface area contributed by atoms with Gasteiger partial charge in [-0.05, 0) is 30.2 Å². The molecule has 0 aromatic heterocycles. The minimum absolute atomic E-state index is 0.305. The van der Waals surface area contributed by atoms with Gasteiger partial charge in [-0.2, -0.15) is 0 Å². The summed E-state index contributed by atoms with van der Waals surface area (Å²) in [6, 6.07) is 4.53.